The first-order valence-corrected chi connectivity index (χ1v) is 10.8. The molecule has 1 N–H and O–H groups in total. The number of aromatic nitrogens is 2. The average molecular weight is 442 g/mol. The van der Waals surface area contributed by atoms with Crippen LogP contribution in [-0.4, -0.2) is 37.3 Å². The monoisotopic (exact) mass is 441 g/mol. The SMILES string of the molecule is CCCN(CCC)c1ccc(/C=C(\Cl)c2nc3cc(OC)c(OC)cc3c(=O)[nH]2)cc1. The molecule has 0 fully saturated rings. The molecule has 0 amide bonds. The predicted molar refractivity (Wildman–Crippen MR) is 128 cm³/mol. The molecule has 0 radical (unpaired) electrons. The Kier molecular flexibility index (Phi) is 7.58. The van der Waals surface area contributed by atoms with Crippen LogP contribution in [-0.2, 0) is 0 Å². The van der Waals surface area contributed by atoms with E-state index < -0.39 is 0 Å². The summed E-state index contributed by atoms with van der Waals surface area (Å²) in [7, 11) is 3.06. The maximum atomic E-state index is 12.6. The number of benzene rings is 2. The molecule has 0 saturated carbocycles. The van der Waals surface area contributed by atoms with Gasteiger partial charge in [-0.15, -0.1) is 0 Å². The van der Waals surface area contributed by atoms with Crippen LogP contribution >= 0.6 is 11.6 Å². The van der Waals surface area contributed by atoms with E-state index in [0.29, 0.717) is 33.3 Å². The highest BCUT2D eigenvalue weighted by atomic mass is 35.5. The van der Waals surface area contributed by atoms with Gasteiger partial charge < -0.3 is 19.4 Å². The summed E-state index contributed by atoms with van der Waals surface area (Å²) in [6, 6.07) is 11.5. The molecule has 3 rings (SSSR count). The second-order valence-corrected chi connectivity index (χ2v) is 7.62. The van der Waals surface area contributed by atoms with E-state index in [1.54, 1.807) is 18.2 Å². The number of rotatable bonds is 9. The smallest absolute Gasteiger partial charge is 0.259 e. The van der Waals surface area contributed by atoms with E-state index in [9.17, 15) is 4.79 Å². The van der Waals surface area contributed by atoms with Crippen molar-refractivity contribution in [3.63, 3.8) is 0 Å². The molecule has 1 aromatic heterocycles. The summed E-state index contributed by atoms with van der Waals surface area (Å²) in [5.74, 6) is 1.27. The van der Waals surface area contributed by atoms with Crippen LogP contribution in [0.5, 0.6) is 11.5 Å². The summed E-state index contributed by atoms with van der Waals surface area (Å²) in [6.45, 7) is 6.42. The Morgan fingerprint density at radius 1 is 1.06 bits per heavy atom. The second-order valence-electron chi connectivity index (χ2n) is 7.21. The maximum Gasteiger partial charge on any atom is 0.259 e. The summed E-state index contributed by atoms with van der Waals surface area (Å²) >= 11 is 6.51. The first-order valence-electron chi connectivity index (χ1n) is 10.4. The van der Waals surface area contributed by atoms with Gasteiger partial charge in [-0.05, 0) is 42.7 Å². The molecule has 1 heterocycles. The largest absolute Gasteiger partial charge is 0.493 e. The van der Waals surface area contributed by atoms with E-state index in [0.717, 1.165) is 31.5 Å². The zero-order valence-electron chi connectivity index (χ0n) is 18.4. The quantitative estimate of drug-likeness (QED) is 0.487. The molecule has 6 nitrogen and oxygen atoms in total. The molecular formula is C24H28ClN3O3. The van der Waals surface area contributed by atoms with E-state index in [-0.39, 0.29) is 5.56 Å². The molecule has 0 aliphatic heterocycles. The third kappa shape index (κ3) is 5.20. The van der Waals surface area contributed by atoms with Crippen molar-refractivity contribution in [2.75, 3.05) is 32.2 Å². The van der Waals surface area contributed by atoms with Gasteiger partial charge in [0.05, 0.1) is 30.2 Å². The number of nitrogens with zero attached hydrogens (tertiary/aromatic N) is 2. The van der Waals surface area contributed by atoms with Gasteiger partial charge in [-0.3, -0.25) is 4.79 Å². The Morgan fingerprint density at radius 3 is 2.26 bits per heavy atom. The van der Waals surface area contributed by atoms with Gasteiger partial charge >= 0.3 is 0 Å². The van der Waals surface area contributed by atoms with E-state index in [2.05, 4.69) is 40.8 Å². The lowest BCUT2D eigenvalue weighted by Crippen LogP contribution is -2.24. The van der Waals surface area contributed by atoms with Crippen LogP contribution in [0.1, 0.15) is 38.1 Å². The molecule has 2 aromatic carbocycles. The number of fused-ring (bicyclic) bond motifs is 1. The van der Waals surface area contributed by atoms with E-state index >= 15 is 0 Å². The molecule has 0 spiro atoms. The molecular weight excluding hydrogens is 414 g/mol. The van der Waals surface area contributed by atoms with Crippen LogP contribution in [0.15, 0.2) is 41.2 Å². The fourth-order valence-electron chi connectivity index (χ4n) is 3.48. The first-order chi connectivity index (χ1) is 15.0. The fourth-order valence-corrected chi connectivity index (χ4v) is 3.70. The van der Waals surface area contributed by atoms with Crippen molar-refractivity contribution >= 4 is 39.3 Å². The van der Waals surface area contributed by atoms with E-state index in [1.807, 2.05) is 12.1 Å². The van der Waals surface area contributed by atoms with Crippen LogP contribution < -0.4 is 19.9 Å². The summed E-state index contributed by atoms with van der Waals surface area (Å²) < 4.78 is 10.6. The highest BCUT2D eigenvalue weighted by Gasteiger charge is 2.12. The average Bonchev–Trinajstić information content (AvgIpc) is 2.78. The highest BCUT2D eigenvalue weighted by Crippen LogP contribution is 2.30. The van der Waals surface area contributed by atoms with Crippen molar-refractivity contribution in [3.8, 4) is 11.5 Å². The van der Waals surface area contributed by atoms with Crippen molar-refractivity contribution in [2.45, 2.75) is 26.7 Å². The van der Waals surface area contributed by atoms with E-state index in [4.69, 9.17) is 21.1 Å². The zero-order chi connectivity index (χ0) is 22.4. The lowest BCUT2D eigenvalue weighted by molar-refractivity contribution is 0.355. The normalized spacial score (nSPS) is 11.6. The third-order valence-corrected chi connectivity index (χ3v) is 5.26. The van der Waals surface area contributed by atoms with Crippen molar-refractivity contribution in [2.24, 2.45) is 0 Å². The van der Waals surface area contributed by atoms with Crippen molar-refractivity contribution in [3.05, 3.63) is 58.1 Å². The molecule has 164 valence electrons. The molecule has 0 aliphatic carbocycles. The Balaban J connectivity index is 1.93. The van der Waals surface area contributed by atoms with Crippen molar-refractivity contribution < 1.29 is 9.47 Å². The topological polar surface area (TPSA) is 67.5 Å². The van der Waals surface area contributed by atoms with Crippen LogP contribution in [0.2, 0.25) is 0 Å². The van der Waals surface area contributed by atoms with Crippen molar-refractivity contribution in [1.82, 2.24) is 9.97 Å². The lowest BCUT2D eigenvalue weighted by Gasteiger charge is -2.23. The number of hydrogen-bond acceptors (Lipinski definition) is 5. The number of aromatic amines is 1. The summed E-state index contributed by atoms with van der Waals surface area (Å²) in [4.78, 5) is 22.2. The number of H-pyrrole nitrogens is 1. The molecule has 3 aromatic rings. The highest BCUT2D eigenvalue weighted by molar-refractivity contribution is 6.50. The van der Waals surface area contributed by atoms with Gasteiger partial charge in [0.25, 0.3) is 5.56 Å². The molecule has 0 aliphatic rings. The number of halogens is 1. The van der Waals surface area contributed by atoms with Crippen LogP contribution in [0, 0.1) is 0 Å². The number of ether oxygens (including phenoxy) is 2. The summed E-state index contributed by atoms with van der Waals surface area (Å²) in [5.41, 5.74) is 2.30. The van der Waals surface area contributed by atoms with Crippen LogP contribution in [0.3, 0.4) is 0 Å². The maximum absolute atomic E-state index is 12.6. The van der Waals surface area contributed by atoms with Crippen molar-refractivity contribution in [1.29, 1.82) is 0 Å². The van der Waals surface area contributed by atoms with Gasteiger partial charge in [0.2, 0.25) is 0 Å². The number of anilines is 1. The number of nitrogens with one attached hydrogen (secondary N) is 1. The predicted octanol–water partition coefficient (Wildman–Crippen LogP) is 5.30. The van der Waals surface area contributed by atoms with E-state index in [1.165, 1.54) is 19.9 Å². The molecule has 0 saturated heterocycles. The standard InChI is InChI=1S/C24H28ClN3O3/c1-5-11-28(12-6-2)17-9-7-16(8-10-17)13-19(25)23-26-20-15-22(31-4)21(30-3)14-18(20)24(29)27-23/h7-10,13-15H,5-6,11-12H2,1-4H3,(H,26,27,29)/b19-13-. The van der Waals surface area contributed by atoms with Gasteiger partial charge in [0.1, 0.15) is 0 Å². The third-order valence-electron chi connectivity index (χ3n) is 4.98. The Morgan fingerprint density at radius 2 is 1.68 bits per heavy atom. The molecule has 7 heteroatoms. The second kappa shape index (κ2) is 10.4. The minimum absolute atomic E-state index is 0.294. The molecule has 0 atom stereocenters. The Bertz CT molecular complexity index is 1120. The Labute approximate surface area is 187 Å². The fraction of sp³-hybridized carbons (Fsp3) is 0.333. The molecule has 0 bridgehead atoms. The number of hydrogen-bond donors (Lipinski definition) is 1. The first kappa shape index (κ1) is 22.7. The Hall–Kier alpha value is -2.99. The van der Waals surface area contributed by atoms with Gasteiger partial charge in [-0.2, -0.15) is 0 Å². The van der Waals surface area contributed by atoms with Gasteiger partial charge in [-0.1, -0.05) is 37.6 Å². The van der Waals surface area contributed by atoms with Crippen LogP contribution in [0.4, 0.5) is 5.69 Å². The minimum Gasteiger partial charge on any atom is -0.493 e. The molecule has 31 heavy (non-hydrogen) atoms. The van der Waals surface area contributed by atoms with Gasteiger partial charge in [0.15, 0.2) is 17.3 Å². The summed E-state index contributed by atoms with van der Waals surface area (Å²) in [6.07, 6.45) is 4.00. The summed E-state index contributed by atoms with van der Waals surface area (Å²) in [5, 5.41) is 0.752. The number of methoxy groups -OCH3 is 2. The van der Waals surface area contributed by atoms with Gasteiger partial charge in [0, 0.05) is 24.8 Å². The minimum atomic E-state index is -0.294. The molecule has 0 unspecified atom stereocenters. The van der Waals surface area contributed by atoms with Gasteiger partial charge in [-0.25, -0.2) is 4.98 Å². The zero-order valence-corrected chi connectivity index (χ0v) is 19.1. The van der Waals surface area contributed by atoms with Crippen LogP contribution in [0.25, 0.3) is 22.0 Å². The lowest BCUT2D eigenvalue weighted by atomic mass is 10.1.